The largest absolute Gasteiger partial charge is 0.412 e. The number of hydrogen-bond acceptors (Lipinski definition) is 4. The third kappa shape index (κ3) is 3.22. The molecule has 0 unspecified atom stereocenters. The van der Waals surface area contributed by atoms with Gasteiger partial charge in [0.2, 0.25) is 0 Å². The van der Waals surface area contributed by atoms with E-state index in [2.05, 4.69) is 19.9 Å². The Hall–Kier alpha value is -2.89. The van der Waals surface area contributed by atoms with Gasteiger partial charge in [0.25, 0.3) is 0 Å². The van der Waals surface area contributed by atoms with Crippen LogP contribution >= 0.6 is 0 Å². The lowest BCUT2D eigenvalue weighted by atomic mass is 10.3. The Balaban J connectivity index is 1.48. The summed E-state index contributed by atoms with van der Waals surface area (Å²) in [6, 6.07) is 7.49. The Morgan fingerprint density at radius 3 is 2.88 bits per heavy atom. The van der Waals surface area contributed by atoms with Crippen LogP contribution in [0.5, 0.6) is 5.75 Å². The first-order chi connectivity index (χ1) is 11.8. The SMILES string of the molecule is O=C(NCc1ccncc1)Oc1cn(CC2CC2)c2ncccc12. The molecule has 6 nitrogen and oxygen atoms in total. The molecule has 1 fully saturated rings. The molecular formula is C18H18N4O2. The molecular weight excluding hydrogens is 304 g/mol. The molecule has 0 spiro atoms. The molecule has 1 saturated carbocycles. The maximum atomic E-state index is 12.1. The van der Waals surface area contributed by atoms with E-state index in [0.717, 1.165) is 29.1 Å². The normalized spacial score (nSPS) is 13.8. The fourth-order valence-electron chi connectivity index (χ4n) is 2.70. The number of nitrogens with one attached hydrogen (secondary N) is 1. The first-order valence-electron chi connectivity index (χ1n) is 8.08. The first kappa shape index (κ1) is 14.7. The van der Waals surface area contributed by atoms with E-state index in [1.165, 1.54) is 12.8 Å². The lowest BCUT2D eigenvalue weighted by Crippen LogP contribution is -2.26. The summed E-state index contributed by atoms with van der Waals surface area (Å²) in [6.45, 7) is 1.33. The zero-order valence-electron chi connectivity index (χ0n) is 13.2. The predicted molar refractivity (Wildman–Crippen MR) is 89.6 cm³/mol. The average molecular weight is 322 g/mol. The minimum absolute atomic E-state index is 0.403. The number of nitrogens with zero attached hydrogens (tertiary/aromatic N) is 3. The molecule has 1 aliphatic carbocycles. The van der Waals surface area contributed by atoms with Gasteiger partial charge in [-0.3, -0.25) is 4.98 Å². The zero-order valence-corrected chi connectivity index (χ0v) is 13.2. The van der Waals surface area contributed by atoms with E-state index in [0.29, 0.717) is 12.3 Å². The van der Waals surface area contributed by atoms with E-state index in [1.807, 2.05) is 30.5 Å². The van der Waals surface area contributed by atoms with E-state index in [4.69, 9.17) is 4.74 Å². The van der Waals surface area contributed by atoms with Gasteiger partial charge in [-0.25, -0.2) is 9.78 Å². The van der Waals surface area contributed by atoms with Gasteiger partial charge < -0.3 is 14.6 Å². The second kappa shape index (κ2) is 6.31. The summed E-state index contributed by atoms with van der Waals surface area (Å²) in [5.74, 6) is 1.27. The highest BCUT2D eigenvalue weighted by atomic mass is 16.6. The van der Waals surface area contributed by atoms with Crippen molar-refractivity contribution in [3.63, 3.8) is 0 Å². The van der Waals surface area contributed by atoms with Crippen molar-refractivity contribution in [2.45, 2.75) is 25.9 Å². The second-order valence-corrected chi connectivity index (χ2v) is 6.06. The third-order valence-electron chi connectivity index (χ3n) is 4.14. The fourth-order valence-corrected chi connectivity index (χ4v) is 2.70. The quantitative estimate of drug-likeness (QED) is 0.783. The molecule has 0 saturated heterocycles. The summed E-state index contributed by atoms with van der Waals surface area (Å²) in [5, 5.41) is 3.61. The Bertz CT molecular complexity index is 856. The van der Waals surface area contributed by atoms with Crippen molar-refractivity contribution in [3.8, 4) is 5.75 Å². The van der Waals surface area contributed by atoms with Gasteiger partial charge in [-0.1, -0.05) is 0 Å². The van der Waals surface area contributed by atoms with Gasteiger partial charge in [0.15, 0.2) is 5.75 Å². The van der Waals surface area contributed by atoms with Crippen molar-refractivity contribution >= 4 is 17.1 Å². The summed E-state index contributed by atoms with van der Waals surface area (Å²) in [6.07, 6.45) is 9.07. The first-order valence-corrected chi connectivity index (χ1v) is 8.08. The van der Waals surface area contributed by atoms with Crippen molar-refractivity contribution in [1.82, 2.24) is 19.9 Å². The molecule has 0 radical (unpaired) electrons. The zero-order chi connectivity index (χ0) is 16.4. The molecule has 3 heterocycles. The molecule has 1 amide bonds. The molecule has 122 valence electrons. The second-order valence-electron chi connectivity index (χ2n) is 6.06. The minimum Gasteiger partial charge on any atom is -0.408 e. The number of carbonyl (C=O) groups is 1. The Kier molecular flexibility index (Phi) is 3.86. The van der Waals surface area contributed by atoms with Crippen LogP contribution < -0.4 is 10.1 Å². The Morgan fingerprint density at radius 2 is 2.08 bits per heavy atom. The van der Waals surface area contributed by atoms with E-state index >= 15 is 0 Å². The van der Waals surface area contributed by atoms with Crippen molar-refractivity contribution in [2.75, 3.05) is 0 Å². The summed E-state index contributed by atoms with van der Waals surface area (Å²) in [7, 11) is 0. The molecule has 0 aliphatic heterocycles. The molecule has 1 aliphatic rings. The fraction of sp³-hybridized carbons (Fsp3) is 0.278. The molecule has 6 heteroatoms. The lowest BCUT2D eigenvalue weighted by Gasteiger charge is -2.05. The molecule has 24 heavy (non-hydrogen) atoms. The average Bonchev–Trinajstić information content (AvgIpc) is 3.37. The molecule has 3 aromatic heterocycles. The van der Waals surface area contributed by atoms with Crippen LogP contribution in [0.4, 0.5) is 4.79 Å². The minimum atomic E-state index is -0.471. The van der Waals surface area contributed by atoms with E-state index in [9.17, 15) is 4.79 Å². The maximum absolute atomic E-state index is 12.1. The van der Waals surface area contributed by atoms with Crippen molar-refractivity contribution in [1.29, 1.82) is 0 Å². The highest BCUT2D eigenvalue weighted by Crippen LogP contribution is 2.34. The van der Waals surface area contributed by atoms with Crippen LogP contribution in [-0.4, -0.2) is 20.6 Å². The van der Waals surface area contributed by atoms with Crippen molar-refractivity contribution in [3.05, 3.63) is 54.6 Å². The number of carbonyl (C=O) groups excluding carboxylic acids is 1. The summed E-state index contributed by atoms with van der Waals surface area (Å²) in [5.41, 5.74) is 1.83. The van der Waals surface area contributed by atoms with Crippen LogP contribution in [-0.2, 0) is 13.1 Å². The van der Waals surface area contributed by atoms with Gasteiger partial charge in [0.1, 0.15) is 5.65 Å². The van der Waals surface area contributed by atoms with Crippen LogP contribution in [0.3, 0.4) is 0 Å². The Labute approximate surface area is 139 Å². The number of rotatable bonds is 5. The van der Waals surface area contributed by atoms with Crippen molar-refractivity contribution in [2.24, 2.45) is 5.92 Å². The summed E-state index contributed by atoms with van der Waals surface area (Å²) in [4.78, 5) is 20.5. The van der Waals surface area contributed by atoms with E-state index < -0.39 is 6.09 Å². The highest BCUT2D eigenvalue weighted by molar-refractivity contribution is 5.86. The predicted octanol–water partition coefficient (Wildman–Crippen LogP) is 3.13. The van der Waals surface area contributed by atoms with Crippen LogP contribution in [0.15, 0.2) is 49.1 Å². The summed E-state index contributed by atoms with van der Waals surface area (Å²) >= 11 is 0. The van der Waals surface area contributed by atoms with Gasteiger partial charge in [-0.05, 0) is 48.6 Å². The van der Waals surface area contributed by atoms with E-state index in [1.54, 1.807) is 18.6 Å². The van der Waals surface area contributed by atoms with Gasteiger partial charge in [0.05, 0.1) is 5.39 Å². The van der Waals surface area contributed by atoms with Gasteiger partial charge in [-0.2, -0.15) is 0 Å². The number of pyridine rings is 2. The van der Waals surface area contributed by atoms with E-state index in [-0.39, 0.29) is 0 Å². The number of fused-ring (bicyclic) bond motifs is 1. The smallest absolute Gasteiger partial charge is 0.408 e. The molecule has 3 aromatic rings. The number of aromatic nitrogens is 3. The number of hydrogen-bond donors (Lipinski definition) is 1. The van der Waals surface area contributed by atoms with Crippen LogP contribution in [0.25, 0.3) is 11.0 Å². The maximum Gasteiger partial charge on any atom is 0.412 e. The lowest BCUT2D eigenvalue weighted by molar-refractivity contribution is 0.200. The van der Waals surface area contributed by atoms with Crippen LogP contribution in [0, 0.1) is 5.92 Å². The topological polar surface area (TPSA) is 69.0 Å². The molecule has 0 aromatic carbocycles. The van der Waals surface area contributed by atoms with Crippen LogP contribution in [0.1, 0.15) is 18.4 Å². The van der Waals surface area contributed by atoms with Gasteiger partial charge in [-0.15, -0.1) is 0 Å². The standard InChI is InChI=1S/C18H18N4O2/c23-18(21-10-13-5-8-19-9-6-13)24-16-12-22(11-14-3-4-14)17-15(16)2-1-7-20-17/h1-2,5-9,12,14H,3-4,10-11H2,(H,21,23). The molecule has 0 bridgehead atoms. The number of ether oxygens (including phenoxy) is 1. The molecule has 1 N–H and O–H groups in total. The molecule has 0 atom stereocenters. The Morgan fingerprint density at radius 1 is 1.25 bits per heavy atom. The monoisotopic (exact) mass is 322 g/mol. The van der Waals surface area contributed by atoms with Crippen molar-refractivity contribution < 1.29 is 9.53 Å². The third-order valence-corrected chi connectivity index (χ3v) is 4.14. The summed E-state index contributed by atoms with van der Waals surface area (Å²) < 4.78 is 7.59. The molecule has 4 rings (SSSR count). The number of amides is 1. The van der Waals surface area contributed by atoms with Crippen LogP contribution in [0.2, 0.25) is 0 Å². The highest BCUT2D eigenvalue weighted by Gasteiger charge is 2.23. The van der Waals surface area contributed by atoms with Gasteiger partial charge >= 0.3 is 6.09 Å². The van der Waals surface area contributed by atoms with Gasteiger partial charge in [0, 0.05) is 37.9 Å².